The molecule has 0 amide bonds. The largest absolute Gasteiger partial charge is 0.385 e. The van der Waals surface area contributed by atoms with Crippen LogP contribution in [0.4, 0.5) is 0 Å². The quantitative estimate of drug-likeness (QED) is 0.446. The number of rotatable bonds is 7. The van der Waals surface area contributed by atoms with Gasteiger partial charge in [-0.05, 0) is 30.2 Å². The van der Waals surface area contributed by atoms with E-state index in [1.54, 1.807) is 48.6 Å². The fourth-order valence-electron chi connectivity index (χ4n) is 1.64. The van der Waals surface area contributed by atoms with Gasteiger partial charge in [0.2, 0.25) is 0 Å². The van der Waals surface area contributed by atoms with E-state index >= 15 is 0 Å². The molecule has 0 saturated heterocycles. The molecule has 114 valence electrons. The molecule has 1 aliphatic rings. The molecule has 1 atom stereocenters. The van der Waals surface area contributed by atoms with Crippen molar-refractivity contribution in [1.29, 1.82) is 0 Å². The SMILES string of the molecule is CC=C(/C=C\CC=O)/C=C/C(=O)/C=C/C1=CC=CC(O)C=C1. The first kappa shape index (κ1) is 17.5. The van der Waals surface area contributed by atoms with Gasteiger partial charge in [-0.1, -0.05) is 60.8 Å². The van der Waals surface area contributed by atoms with E-state index in [-0.39, 0.29) is 5.78 Å². The van der Waals surface area contributed by atoms with Crippen molar-refractivity contribution in [3.05, 3.63) is 84.1 Å². The van der Waals surface area contributed by atoms with Gasteiger partial charge >= 0.3 is 0 Å². The first-order chi connectivity index (χ1) is 10.7. The summed E-state index contributed by atoms with van der Waals surface area (Å²) < 4.78 is 0. The van der Waals surface area contributed by atoms with Gasteiger partial charge in [-0.2, -0.15) is 0 Å². The summed E-state index contributed by atoms with van der Waals surface area (Å²) in [5.41, 5.74) is 1.70. The summed E-state index contributed by atoms with van der Waals surface area (Å²) in [5, 5.41) is 9.40. The monoisotopic (exact) mass is 296 g/mol. The van der Waals surface area contributed by atoms with Crippen molar-refractivity contribution in [2.45, 2.75) is 19.4 Å². The molecule has 0 heterocycles. The van der Waals surface area contributed by atoms with E-state index in [0.29, 0.717) is 6.42 Å². The maximum atomic E-state index is 11.8. The van der Waals surface area contributed by atoms with E-state index in [2.05, 4.69) is 0 Å². The van der Waals surface area contributed by atoms with Crippen molar-refractivity contribution < 1.29 is 14.7 Å². The molecule has 1 unspecified atom stereocenters. The summed E-state index contributed by atoms with van der Waals surface area (Å²) in [6.45, 7) is 1.87. The standard InChI is InChI=1S/C19H20O3/c1-2-16(6-3-4-15-20)9-12-19(22)14-11-17-7-5-8-18(21)13-10-17/h2-3,5-15,18,21H,4H2,1H3/b6-3-,12-9+,14-11+,16-2?. The predicted molar refractivity (Wildman–Crippen MR) is 89.2 cm³/mol. The van der Waals surface area contributed by atoms with Gasteiger partial charge in [-0.3, -0.25) is 4.79 Å². The van der Waals surface area contributed by atoms with Crippen molar-refractivity contribution in [3.8, 4) is 0 Å². The number of hydrogen-bond donors (Lipinski definition) is 1. The average Bonchev–Trinajstić information content (AvgIpc) is 2.73. The van der Waals surface area contributed by atoms with Gasteiger partial charge in [-0.15, -0.1) is 0 Å². The fourth-order valence-corrected chi connectivity index (χ4v) is 1.64. The summed E-state index contributed by atoms with van der Waals surface area (Å²) >= 11 is 0. The molecule has 0 aromatic rings. The molecule has 1 rings (SSSR count). The maximum Gasteiger partial charge on any atom is 0.178 e. The number of ketones is 1. The van der Waals surface area contributed by atoms with Crippen LogP contribution in [0.5, 0.6) is 0 Å². The van der Waals surface area contributed by atoms with E-state index in [1.807, 2.05) is 19.1 Å². The van der Waals surface area contributed by atoms with Crippen LogP contribution in [0.25, 0.3) is 0 Å². The van der Waals surface area contributed by atoms with Crippen molar-refractivity contribution in [2.24, 2.45) is 0 Å². The third-order valence-electron chi connectivity index (χ3n) is 2.84. The molecule has 0 aromatic heterocycles. The van der Waals surface area contributed by atoms with E-state index < -0.39 is 6.10 Å². The molecular formula is C19H20O3. The maximum absolute atomic E-state index is 11.8. The van der Waals surface area contributed by atoms with Crippen LogP contribution in [0.3, 0.4) is 0 Å². The molecule has 22 heavy (non-hydrogen) atoms. The number of hydrogen-bond acceptors (Lipinski definition) is 3. The minimum Gasteiger partial charge on any atom is -0.385 e. The van der Waals surface area contributed by atoms with Crippen molar-refractivity contribution in [3.63, 3.8) is 0 Å². The molecule has 0 aliphatic heterocycles. The van der Waals surface area contributed by atoms with Gasteiger partial charge in [0.05, 0.1) is 6.10 Å². The lowest BCUT2D eigenvalue weighted by molar-refractivity contribution is -0.110. The molecule has 0 spiro atoms. The third-order valence-corrected chi connectivity index (χ3v) is 2.84. The minimum atomic E-state index is -0.590. The van der Waals surface area contributed by atoms with Gasteiger partial charge in [0.15, 0.2) is 5.78 Å². The Kier molecular flexibility index (Phi) is 8.16. The van der Waals surface area contributed by atoms with Gasteiger partial charge < -0.3 is 9.90 Å². The molecule has 3 heteroatoms. The topological polar surface area (TPSA) is 54.4 Å². The highest BCUT2D eigenvalue weighted by Gasteiger charge is 1.96. The van der Waals surface area contributed by atoms with Gasteiger partial charge in [0, 0.05) is 6.42 Å². The Morgan fingerprint density at radius 3 is 2.77 bits per heavy atom. The highest BCUT2D eigenvalue weighted by molar-refractivity contribution is 5.99. The summed E-state index contributed by atoms with van der Waals surface area (Å²) in [7, 11) is 0. The number of aliphatic hydroxyl groups excluding tert-OH is 1. The van der Waals surface area contributed by atoms with E-state index in [9.17, 15) is 14.7 Å². The molecule has 0 aromatic carbocycles. The van der Waals surface area contributed by atoms with Crippen LogP contribution in [0, 0.1) is 0 Å². The Bertz CT molecular complexity index is 596. The summed E-state index contributed by atoms with van der Waals surface area (Å²) in [6, 6.07) is 0. The molecule has 1 aliphatic carbocycles. The molecule has 3 nitrogen and oxygen atoms in total. The lowest BCUT2D eigenvalue weighted by Crippen LogP contribution is -1.93. The number of carbonyl (C=O) groups is 2. The lowest BCUT2D eigenvalue weighted by atomic mass is 10.1. The average molecular weight is 296 g/mol. The molecule has 0 saturated carbocycles. The molecule has 0 radical (unpaired) electrons. The number of carbonyl (C=O) groups excluding carboxylic acids is 2. The Labute approximate surface area is 131 Å². The second kappa shape index (κ2) is 10.2. The van der Waals surface area contributed by atoms with Crippen LogP contribution in [0.1, 0.15) is 13.3 Å². The van der Waals surface area contributed by atoms with Crippen molar-refractivity contribution in [2.75, 3.05) is 0 Å². The van der Waals surface area contributed by atoms with Crippen molar-refractivity contribution >= 4 is 12.1 Å². The van der Waals surface area contributed by atoms with E-state index in [4.69, 9.17) is 0 Å². The first-order valence-electron chi connectivity index (χ1n) is 7.07. The predicted octanol–water partition coefficient (Wildman–Crippen LogP) is 3.17. The molecule has 1 N–H and O–H groups in total. The van der Waals surface area contributed by atoms with Crippen LogP contribution < -0.4 is 0 Å². The normalized spacial score (nSPS) is 19.1. The fraction of sp³-hybridized carbons (Fsp3) is 0.158. The smallest absolute Gasteiger partial charge is 0.178 e. The number of aliphatic hydroxyl groups is 1. The Hall–Kier alpha value is -2.52. The minimum absolute atomic E-state index is 0.133. The van der Waals surface area contributed by atoms with E-state index in [0.717, 1.165) is 17.4 Å². The third kappa shape index (κ3) is 7.31. The lowest BCUT2D eigenvalue weighted by Gasteiger charge is -1.93. The number of aldehydes is 1. The highest BCUT2D eigenvalue weighted by Crippen LogP contribution is 2.07. The zero-order chi connectivity index (χ0) is 16.2. The zero-order valence-electron chi connectivity index (χ0n) is 12.6. The molecule has 0 bridgehead atoms. The summed E-state index contributed by atoms with van der Waals surface area (Å²) in [5.74, 6) is -0.133. The first-order valence-corrected chi connectivity index (χ1v) is 7.07. The second-order valence-corrected chi connectivity index (χ2v) is 4.56. The highest BCUT2D eigenvalue weighted by atomic mass is 16.3. The Morgan fingerprint density at radius 1 is 1.23 bits per heavy atom. The molecule has 0 fully saturated rings. The summed E-state index contributed by atoms with van der Waals surface area (Å²) in [4.78, 5) is 22.0. The summed E-state index contributed by atoms with van der Waals surface area (Å²) in [6.07, 6.45) is 21.0. The second-order valence-electron chi connectivity index (χ2n) is 4.56. The van der Waals surface area contributed by atoms with Gasteiger partial charge in [0.1, 0.15) is 6.29 Å². The Morgan fingerprint density at radius 2 is 2.05 bits per heavy atom. The number of allylic oxidation sites excluding steroid dienone is 12. The zero-order valence-corrected chi connectivity index (χ0v) is 12.6. The molecular weight excluding hydrogens is 276 g/mol. The van der Waals surface area contributed by atoms with Crippen LogP contribution in [0.15, 0.2) is 84.1 Å². The van der Waals surface area contributed by atoms with Crippen LogP contribution in [-0.2, 0) is 9.59 Å². The Balaban J connectivity index is 2.62. The van der Waals surface area contributed by atoms with E-state index in [1.165, 1.54) is 12.2 Å². The van der Waals surface area contributed by atoms with Crippen molar-refractivity contribution in [1.82, 2.24) is 0 Å². The van der Waals surface area contributed by atoms with Crippen LogP contribution >= 0.6 is 0 Å². The van der Waals surface area contributed by atoms with Gasteiger partial charge in [-0.25, -0.2) is 0 Å². The van der Waals surface area contributed by atoms with Crippen LogP contribution in [0.2, 0.25) is 0 Å². The van der Waals surface area contributed by atoms with Crippen LogP contribution in [-0.4, -0.2) is 23.3 Å². The van der Waals surface area contributed by atoms with Gasteiger partial charge in [0.25, 0.3) is 0 Å².